The SMILES string of the molecule is c1ccc(-c2ccc3c(n2)sc2c3ncn3ncnc23)cc1. The Balaban J connectivity index is 1.84. The number of aromatic nitrogens is 5. The highest BCUT2D eigenvalue weighted by Crippen LogP contribution is 2.34. The lowest BCUT2D eigenvalue weighted by atomic mass is 10.1. The van der Waals surface area contributed by atoms with Crippen molar-refractivity contribution in [1.29, 1.82) is 0 Å². The quantitative estimate of drug-likeness (QED) is 0.475. The van der Waals surface area contributed by atoms with Gasteiger partial charge < -0.3 is 0 Å². The van der Waals surface area contributed by atoms with Crippen molar-refractivity contribution < 1.29 is 0 Å². The number of thiophene rings is 1. The highest BCUT2D eigenvalue weighted by molar-refractivity contribution is 7.26. The van der Waals surface area contributed by atoms with Crippen LogP contribution in [0.2, 0.25) is 0 Å². The topological polar surface area (TPSA) is 56.0 Å². The molecule has 0 aliphatic carbocycles. The van der Waals surface area contributed by atoms with Crippen LogP contribution in [0.15, 0.2) is 55.1 Å². The molecule has 0 aliphatic rings. The second-order valence-corrected chi connectivity index (χ2v) is 5.97. The van der Waals surface area contributed by atoms with Gasteiger partial charge >= 0.3 is 0 Å². The molecule has 0 aliphatic heterocycles. The van der Waals surface area contributed by atoms with Gasteiger partial charge in [0.25, 0.3) is 0 Å². The highest BCUT2D eigenvalue weighted by Gasteiger charge is 2.13. The van der Waals surface area contributed by atoms with Gasteiger partial charge in [0.2, 0.25) is 0 Å². The molecular weight excluding hydrogens is 294 g/mol. The van der Waals surface area contributed by atoms with Gasteiger partial charge in [-0.25, -0.2) is 19.5 Å². The zero-order valence-corrected chi connectivity index (χ0v) is 12.2. The molecule has 0 amide bonds. The van der Waals surface area contributed by atoms with E-state index in [1.54, 1.807) is 28.5 Å². The summed E-state index contributed by atoms with van der Waals surface area (Å²) in [6.45, 7) is 0. The van der Waals surface area contributed by atoms with Crippen molar-refractivity contribution in [2.75, 3.05) is 0 Å². The third kappa shape index (κ3) is 1.58. The molecule has 0 saturated carbocycles. The Labute approximate surface area is 128 Å². The van der Waals surface area contributed by atoms with Gasteiger partial charge in [0.15, 0.2) is 5.65 Å². The van der Waals surface area contributed by atoms with Crippen LogP contribution < -0.4 is 0 Å². The zero-order valence-electron chi connectivity index (χ0n) is 11.3. The summed E-state index contributed by atoms with van der Waals surface area (Å²) in [6.07, 6.45) is 3.24. The number of rotatable bonds is 1. The average Bonchev–Trinajstić information content (AvgIpc) is 3.18. The Morgan fingerprint density at radius 1 is 0.955 bits per heavy atom. The van der Waals surface area contributed by atoms with Crippen molar-refractivity contribution in [3.05, 3.63) is 55.1 Å². The number of hydrogen-bond acceptors (Lipinski definition) is 5. The molecule has 4 heterocycles. The number of nitrogens with zero attached hydrogens (tertiary/aromatic N) is 5. The molecule has 5 nitrogen and oxygen atoms in total. The number of benzene rings is 1. The summed E-state index contributed by atoms with van der Waals surface area (Å²) in [5.41, 5.74) is 3.85. The van der Waals surface area contributed by atoms with Crippen molar-refractivity contribution >= 4 is 37.4 Å². The second kappa shape index (κ2) is 4.32. The molecule has 22 heavy (non-hydrogen) atoms. The first-order chi connectivity index (χ1) is 10.9. The lowest BCUT2D eigenvalue weighted by Crippen LogP contribution is -1.88. The summed E-state index contributed by atoms with van der Waals surface area (Å²) in [6, 6.07) is 14.3. The molecule has 6 heteroatoms. The Hall–Kier alpha value is -2.86. The molecule has 4 aromatic heterocycles. The standard InChI is InChI=1S/C16H9N5S/c1-2-4-10(5-3-1)12-7-6-11-13-14(22-16(11)20-12)15-17-8-19-21(15)9-18-13/h1-9H. The smallest absolute Gasteiger partial charge is 0.176 e. The van der Waals surface area contributed by atoms with Crippen molar-refractivity contribution in [3.63, 3.8) is 0 Å². The molecule has 1 aromatic carbocycles. The van der Waals surface area contributed by atoms with E-state index >= 15 is 0 Å². The summed E-state index contributed by atoms with van der Waals surface area (Å²) in [7, 11) is 0. The molecule has 5 aromatic rings. The number of pyridine rings is 1. The van der Waals surface area contributed by atoms with E-state index in [0.29, 0.717) is 0 Å². The van der Waals surface area contributed by atoms with Crippen LogP contribution in [-0.2, 0) is 0 Å². The summed E-state index contributed by atoms with van der Waals surface area (Å²) in [5, 5.41) is 5.19. The summed E-state index contributed by atoms with van der Waals surface area (Å²) >= 11 is 1.61. The van der Waals surface area contributed by atoms with Crippen LogP contribution >= 0.6 is 11.3 Å². The Morgan fingerprint density at radius 2 is 1.86 bits per heavy atom. The molecule has 0 N–H and O–H groups in total. The summed E-state index contributed by atoms with van der Waals surface area (Å²) < 4.78 is 2.71. The van der Waals surface area contributed by atoms with Crippen LogP contribution in [0.3, 0.4) is 0 Å². The molecular formula is C16H9N5S. The van der Waals surface area contributed by atoms with E-state index in [1.807, 2.05) is 24.3 Å². The minimum Gasteiger partial charge on any atom is -0.237 e. The van der Waals surface area contributed by atoms with Crippen molar-refractivity contribution in [1.82, 2.24) is 24.6 Å². The molecule has 0 saturated heterocycles. The molecule has 0 bridgehead atoms. The maximum absolute atomic E-state index is 4.79. The Kier molecular flexibility index (Phi) is 2.31. The monoisotopic (exact) mass is 303 g/mol. The predicted octanol–water partition coefficient (Wildman–Crippen LogP) is 3.55. The molecule has 0 fully saturated rings. The lowest BCUT2D eigenvalue weighted by molar-refractivity contribution is 0.936. The van der Waals surface area contributed by atoms with E-state index in [-0.39, 0.29) is 0 Å². The van der Waals surface area contributed by atoms with Gasteiger partial charge in [-0.3, -0.25) is 0 Å². The van der Waals surface area contributed by atoms with E-state index in [0.717, 1.165) is 37.3 Å². The Bertz CT molecular complexity index is 1130. The fraction of sp³-hybridized carbons (Fsp3) is 0. The van der Waals surface area contributed by atoms with E-state index in [2.05, 4.69) is 33.3 Å². The predicted molar refractivity (Wildman–Crippen MR) is 86.9 cm³/mol. The van der Waals surface area contributed by atoms with Gasteiger partial charge in [-0.2, -0.15) is 5.10 Å². The van der Waals surface area contributed by atoms with Crippen molar-refractivity contribution in [2.24, 2.45) is 0 Å². The average molecular weight is 303 g/mol. The fourth-order valence-corrected chi connectivity index (χ4v) is 3.73. The molecule has 0 atom stereocenters. The second-order valence-electron chi connectivity index (χ2n) is 4.97. The van der Waals surface area contributed by atoms with E-state index < -0.39 is 0 Å². The van der Waals surface area contributed by atoms with Gasteiger partial charge in [-0.15, -0.1) is 11.3 Å². The van der Waals surface area contributed by atoms with Gasteiger partial charge in [0.05, 0.1) is 11.2 Å². The maximum Gasteiger partial charge on any atom is 0.176 e. The van der Waals surface area contributed by atoms with Gasteiger partial charge in [-0.05, 0) is 12.1 Å². The van der Waals surface area contributed by atoms with Crippen molar-refractivity contribution in [3.8, 4) is 11.3 Å². The lowest BCUT2D eigenvalue weighted by Gasteiger charge is -2.00. The number of fused-ring (bicyclic) bond motifs is 5. The molecule has 0 unspecified atom stereocenters. The van der Waals surface area contributed by atoms with Crippen molar-refractivity contribution in [2.45, 2.75) is 0 Å². The number of hydrogen-bond donors (Lipinski definition) is 0. The first-order valence-electron chi connectivity index (χ1n) is 6.83. The third-order valence-electron chi connectivity index (χ3n) is 3.67. The van der Waals surface area contributed by atoms with Gasteiger partial charge in [0, 0.05) is 10.9 Å². The van der Waals surface area contributed by atoms with Crippen LogP contribution in [0.25, 0.3) is 37.3 Å². The summed E-state index contributed by atoms with van der Waals surface area (Å²) in [5.74, 6) is 0. The zero-order chi connectivity index (χ0) is 14.5. The van der Waals surface area contributed by atoms with Crippen LogP contribution in [0.5, 0.6) is 0 Å². The molecule has 0 spiro atoms. The molecule has 5 rings (SSSR count). The first-order valence-corrected chi connectivity index (χ1v) is 7.65. The third-order valence-corrected chi connectivity index (χ3v) is 4.76. The largest absolute Gasteiger partial charge is 0.237 e. The van der Waals surface area contributed by atoms with Gasteiger partial charge in [-0.1, -0.05) is 30.3 Å². The Morgan fingerprint density at radius 3 is 2.77 bits per heavy atom. The minimum absolute atomic E-state index is 0.828. The fourth-order valence-electron chi connectivity index (χ4n) is 2.62. The van der Waals surface area contributed by atoms with E-state index in [4.69, 9.17) is 4.98 Å². The van der Waals surface area contributed by atoms with Crippen LogP contribution in [0.1, 0.15) is 0 Å². The van der Waals surface area contributed by atoms with Crippen LogP contribution in [0, 0.1) is 0 Å². The first kappa shape index (κ1) is 11.8. The van der Waals surface area contributed by atoms with Crippen LogP contribution in [-0.4, -0.2) is 24.6 Å². The van der Waals surface area contributed by atoms with E-state index in [9.17, 15) is 0 Å². The minimum atomic E-state index is 0.828. The molecule has 0 radical (unpaired) electrons. The molecule has 104 valence electrons. The van der Waals surface area contributed by atoms with Gasteiger partial charge in [0.1, 0.15) is 22.2 Å². The maximum atomic E-state index is 4.79. The highest BCUT2D eigenvalue weighted by atomic mass is 32.1. The normalized spacial score (nSPS) is 11.6. The van der Waals surface area contributed by atoms with Crippen LogP contribution in [0.4, 0.5) is 0 Å². The summed E-state index contributed by atoms with van der Waals surface area (Å²) in [4.78, 5) is 14.6. The van der Waals surface area contributed by atoms with E-state index in [1.165, 1.54) is 0 Å².